The molecule has 254 valence electrons. The molecule has 0 radical (unpaired) electrons. The van der Waals surface area contributed by atoms with Crippen molar-refractivity contribution in [2.75, 3.05) is 25.7 Å². The second-order valence-electron chi connectivity index (χ2n) is 11.5. The van der Waals surface area contributed by atoms with E-state index >= 15 is 0 Å². The summed E-state index contributed by atoms with van der Waals surface area (Å²) in [6.45, 7) is 5.77. The fraction of sp³-hybridized carbons (Fsp3) is 0.679. The van der Waals surface area contributed by atoms with Gasteiger partial charge in [0.15, 0.2) is 5.82 Å². The van der Waals surface area contributed by atoms with Crippen LogP contribution in [0.1, 0.15) is 65.5 Å². The number of nitrogens with zero attached hydrogens (tertiary/aromatic N) is 4. The first-order chi connectivity index (χ1) is 21.8. The Balaban J connectivity index is 1.54. The van der Waals surface area contributed by atoms with Crippen LogP contribution in [0.2, 0.25) is 0 Å². The molecule has 46 heavy (non-hydrogen) atoms. The molecule has 1 unspecified atom stereocenters. The van der Waals surface area contributed by atoms with Crippen LogP contribution in [-0.4, -0.2) is 86.9 Å². The Labute approximate surface area is 265 Å². The van der Waals surface area contributed by atoms with Gasteiger partial charge >= 0.3 is 19.9 Å². The van der Waals surface area contributed by atoms with Crippen LogP contribution < -0.4 is 10.8 Å². The number of hydrogen-bond donors (Lipinski definition) is 4. The van der Waals surface area contributed by atoms with Crippen LogP contribution in [0.25, 0.3) is 5.52 Å². The molecule has 0 amide bonds. The van der Waals surface area contributed by atoms with Gasteiger partial charge in [-0.2, -0.15) is 10.4 Å². The lowest BCUT2D eigenvalue weighted by atomic mass is 9.78. The van der Waals surface area contributed by atoms with Gasteiger partial charge < -0.3 is 34.9 Å². The number of nitrogens with one attached hydrogen (secondary N) is 1. The van der Waals surface area contributed by atoms with Crippen molar-refractivity contribution in [3.8, 4) is 6.07 Å². The van der Waals surface area contributed by atoms with Gasteiger partial charge in [0.2, 0.25) is 12.4 Å². The second kappa shape index (κ2) is 14.6. The molecule has 0 spiro atoms. The number of aromatic nitrogens is 3. The zero-order valence-corrected chi connectivity index (χ0v) is 27.1. The van der Waals surface area contributed by atoms with E-state index in [1.165, 1.54) is 16.6 Å². The minimum atomic E-state index is -4.55. The average molecular weight is 669 g/mol. The summed E-state index contributed by atoms with van der Waals surface area (Å²) in [6, 6.07) is 4.87. The molecule has 17 nitrogen and oxygen atoms in total. The van der Waals surface area contributed by atoms with Gasteiger partial charge in [-0.05, 0) is 51.2 Å². The van der Waals surface area contributed by atoms with Gasteiger partial charge in [-0.1, -0.05) is 26.7 Å². The second-order valence-corrected chi connectivity index (χ2v) is 13.3. The lowest BCUT2D eigenvalue weighted by molar-refractivity contribution is -0.156. The molecule has 2 aliphatic rings. The average Bonchev–Trinajstić information content (AvgIpc) is 3.54. The highest BCUT2D eigenvalue weighted by Crippen LogP contribution is 2.51. The van der Waals surface area contributed by atoms with Crippen molar-refractivity contribution < 1.29 is 52.4 Å². The first kappa shape index (κ1) is 35.5. The number of aliphatic hydroxyl groups is 2. The predicted molar refractivity (Wildman–Crippen MR) is 159 cm³/mol. The van der Waals surface area contributed by atoms with E-state index in [2.05, 4.69) is 15.2 Å². The third-order valence-electron chi connectivity index (χ3n) is 8.18. The van der Waals surface area contributed by atoms with E-state index in [0.29, 0.717) is 11.9 Å². The van der Waals surface area contributed by atoms with Crippen LogP contribution in [0, 0.1) is 17.2 Å². The summed E-state index contributed by atoms with van der Waals surface area (Å²) in [5.74, 6) is -0.390. The van der Waals surface area contributed by atoms with Crippen molar-refractivity contribution in [2.24, 2.45) is 5.92 Å². The fourth-order valence-electron chi connectivity index (χ4n) is 5.20. The van der Waals surface area contributed by atoms with E-state index in [-0.39, 0.29) is 36.9 Å². The third kappa shape index (κ3) is 7.28. The zero-order chi connectivity index (χ0) is 33.7. The molecule has 1 aliphatic heterocycles. The fourth-order valence-corrected chi connectivity index (χ4v) is 6.78. The number of fused-ring (bicyclic) bond motifs is 1. The number of rotatable bonds is 15. The molecule has 3 heterocycles. The van der Waals surface area contributed by atoms with Crippen LogP contribution in [0.4, 0.5) is 10.6 Å². The molecule has 1 saturated heterocycles. The number of ether oxygens (including phenoxy) is 4. The van der Waals surface area contributed by atoms with E-state index in [4.69, 9.17) is 33.7 Å². The molecule has 0 aromatic carbocycles. The summed E-state index contributed by atoms with van der Waals surface area (Å²) in [6.07, 6.45) is -2.64. The standard InChI is InChI=1S/C28H41N6O11P/c1-5-18(6-2)12-40-25(37)27(10-7-11-27)33-46(39,43-16-41-26(38)44-17(3)4)42-13-20-22(35)23(36)28(14-29,45-20)21-9-8-19-24(30)31-15-32-34(19)21/h8-9,15,17-18,20,22-23,35-36H,5-7,10-13,16H2,1-4H3,(H,33,39)(H2,30,31,32)/t20-,22-,23-,28+,46?/m1/s1. The number of hydrogen-bond acceptors (Lipinski definition) is 15. The summed E-state index contributed by atoms with van der Waals surface area (Å²) in [7, 11) is -4.55. The van der Waals surface area contributed by atoms with Crippen molar-refractivity contribution in [3.05, 3.63) is 24.2 Å². The first-order valence-electron chi connectivity index (χ1n) is 15.1. The van der Waals surface area contributed by atoms with Crippen molar-refractivity contribution in [1.82, 2.24) is 19.7 Å². The van der Waals surface area contributed by atoms with Crippen molar-refractivity contribution in [1.29, 1.82) is 5.26 Å². The Morgan fingerprint density at radius 1 is 1.24 bits per heavy atom. The maximum Gasteiger partial charge on any atom is 0.510 e. The van der Waals surface area contributed by atoms with Crippen molar-refractivity contribution in [2.45, 2.75) is 95.4 Å². The first-order valence-corrected chi connectivity index (χ1v) is 16.6. The molecule has 0 bridgehead atoms. The van der Waals surface area contributed by atoms with Gasteiger partial charge in [0.1, 0.15) is 41.8 Å². The van der Waals surface area contributed by atoms with E-state index in [1.54, 1.807) is 13.8 Å². The summed E-state index contributed by atoms with van der Waals surface area (Å²) in [4.78, 5) is 29.0. The number of carbonyl (C=O) groups is 2. The molecule has 2 aromatic rings. The van der Waals surface area contributed by atoms with Gasteiger partial charge in [0.25, 0.3) is 0 Å². The molecule has 1 aliphatic carbocycles. The highest BCUT2D eigenvalue weighted by Gasteiger charge is 2.58. The highest BCUT2D eigenvalue weighted by atomic mass is 31.2. The van der Waals surface area contributed by atoms with E-state index in [1.807, 2.05) is 19.9 Å². The molecular formula is C28H41N6O11P. The molecule has 2 aromatic heterocycles. The smallest absolute Gasteiger partial charge is 0.464 e. The largest absolute Gasteiger partial charge is 0.510 e. The zero-order valence-electron chi connectivity index (χ0n) is 26.2. The van der Waals surface area contributed by atoms with Crippen molar-refractivity contribution >= 4 is 31.2 Å². The maximum absolute atomic E-state index is 14.1. The number of anilines is 1. The normalized spacial score (nSPS) is 25.2. The van der Waals surface area contributed by atoms with E-state index < -0.39 is 68.8 Å². The maximum atomic E-state index is 14.1. The lowest BCUT2D eigenvalue weighted by Crippen LogP contribution is -2.57. The quantitative estimate of drug-likeness (QED) is 0.121. The SMILES string of the molecule is CCC(CC)COC(=O)C1(NP(=O)(OCOC(=O)OC(C)C)OC[C@H]2O[C@@](C#N)(c3ccc4c(N)ncnn34)[C@H](O)[C@@H]2O)CCC1. The minimum absolute atomic E-state index is 0.0522. The van der Waals surface area contributed by atoms with Crippen LogP contribution in [0.15, 0.2) is 18.5 Å². The number of aliphatic hydroxyl groups excluding tert-OH is 2. The topological polar surface area (TPSA) is 239 Å². The summed E-state index contributed by atoms with van der Waals surface area (Å²) in [5, 5.41) is 38.9. The minimum Gasteiger partial charge on any atom is -0.464 e. The molecule has 5 N–H and O–H groups in total. The Hall–Kier alpha value is -3.36. The Kier molecular flexibility index (Phi) is 11.3. The Morgan fingerprint density at radius 3 is 2.57 bits per heavy atom. The van der Waals surface area contributed by atoms with Crippen LogP contribution in [-0.2, 0) is 43.0 Å². The lowest BCUT2D eigenvalue weighted by Gasteiger charge is -2.41. The third-order valence-corrected chi connectivity index (χ3v) is 9.82. The van der Waals surface area contributed by atoms with E-state index in [9.17, 15) is 29.6 Å². The molecule has 18 heteroatoms. The molecule has 4 rings (SSSR count). The number of carbonyl (C=O) groups excluding carboxylic acids is 2. The predicted octanol–water partition coefficient (Wildman–Crippen LogP) is 2.30. The van der Waals surface area contributed by atoms with Gasteiger partial charge in [0.05, 0.1) is 25.0 Å². The number of nitrogen functional groups attached to an aromatic ring is 1. The monoisotopic (exact) mass is 668 g/mol. The van der Waals surface area contributed by atoms with Crippen LogP contribution >= 0.6 is 7.75 Å². The highest BCUT2D eigenvalue weighted by molar-refractivity contribution is 7.51. The molecular weight excluding hydrogens is 627 g/mol. The Bertz CT molecular complexity index is 1470. The number of nitriles is 1. The van der Waals surface area contributed by atoms with Crippen molar-refractivity contribution in [3.63, 3.8) is 0 Å². The summed E-state index contributed by atoms with van der Waals surface area (Å²) < 4.78 is 47.6. The van der Waals surface area contributed by atoms with E-state index in [0.717, 1.165) is 19.2 Å². The van der Waals surface area contributed by atoms with Gasteiger partial charge in [-0.25, -0.2) is 23.9 Å². The molecule has 2 fully saturated rings. The molecule has 1 saturated carbocycles. The van der Waals surface area contributed by atoms with Gasteiger partial charge in [0, 0.05) is 0 Å². The van der Waals surface area contributed by atoms with Crippen LogP contribution in [0.3, 0.4) is 0 Å². The summed E-state index contributed by atoms with van der Waals surface area (Å²) in [5.41, 5.74) is 2.72. The summed E-state index contributed by atoms with van der Waals surface area (Å²) >= 11 is 0. The molecule has 5 atom stereocenters. The van der Waals surface area contributed by atoms with Crippen LogP contribution in [0.5, 0.6) is 0 Å². The van der Waals surface area contributed by atoms with Gasteiger partial charge in [-0.15, -0.1) is 0 Å². The Morgan fingerprint density at radius 2 is 1.96 bits per heavy atom. The number of nitrogens with two attached hydrogens (primary N) is 1. The number of esters is 1. The van der Waals surface area contributed by atoms with Gasteiger partial charge in [-0.3, -0.25) is 13.8 Å².